The lowest BCUT2D eigenvalue weighted by Gasteiger charge is -2.24. The van der Waals surface area contributed by atoms with Crippen LogP contribution in [0.2, 0.25) is 0 Å². The van der Waals surface area contributed by atoms with Gasteiger partial charge in [0.05, 0.1) is 11.1 Å². The van der Waals surface area contributed by atoms with Crippen molar-refractivity contribution >= 4 is 17.5 Å². The molecule has 152 valence electrons. The fourth-order valence-corrected chi connectivity index (χ4v) is 3.76. The first-order valence-electron chi connectivity index (χ1n) is 9.81. The Hall–Kier alpha value is -3.15. The first-order valence-corrected chi connectivity index (χ1v) is 9.81. The number of phenolic OH excluding ortho intramolecular Hbond substituents is 2. The first kappa shape index (κ1) is 20.6. The highest BCUT2D eigenvalue weighted by atomic mass is 16.5. The molecule has 1 unspecified atom stereocenters. The van der Waals surface area contributed by atoms with Gasteiger partial charge in [-0.2, -0.15) is 0 Å². The molecule has 6 nitrogen and oxygen atoms in total. The summed E-state index contributed by atoms with van der Waals surface area (Å²) in [5.41, 5.74) is 0.0257. The molecule has 0 radical (unpaired) electrons. The number of phenols is 2. The number of hydrogen-bond donors (Lipinski definition) is 2. The van der Waals surface area contributed by atoms with Crippen molar-refractivity contribution in [3.05, 3.63) is 58.1 Å². The van der Waals surface area contributed by atoms with Crippen molar-refractivity contribution in [2.75, 3.05) is 0 Å². The Morgan fingerprint density at radius 1 is 1.00 bits per heavy atom. The van der Waals surface area contributed by atoms with Gasteiger partial charge in [-0.25, -0.2) is 0 Å². The Labute approximate surface area is 169 Å². The van der Waals surface area contributed by atoms with Crippen molar-refractivity contribution in [1.29, 1.82) is 0 Å². The molecular formula is C23H24O6. The minimum absolute atomic E-state index is 0.133. The fourth-order valence-electron chi connectivity index (χ4n) is 3.76. The Kier molecular flexibility index (Phi) is 6.01. The third kappa shape index (κ3) is 3.88. The summed E-state index contributed by atoms with van der Waals surface area (Å²) in [6.45, 7) is 3.34. The molecule has 3 rings (SSSR count). The summed E-state index contributed by atoms with van der Waals surface area (Å²) < 4.78 is 5.37. The highest BCUT2D eigenvalue weighted by Gasteiger charge is 2.37. The smallest absolute Gasteiger partial charge is 0.303 e. The van der Waals surface area contributed by atoms with Crippen LogP contribution in [0.15, 0.2) is 30.3 Å². The highest BCUT2D eigenvalue weighted by Crippen LogP contribution is 2.43. The normalized spacial score (nSPS) is 13.6. The summed E-state index contributed by atoms with van der Waals surface area (Å²) in [4.78, 5) is 37.4. The van der Waals surface area contributed by atoms with Crippen LogP contribution < -0.4 is 0 Å². The molecule has 29 heavy (non-hydrogen) atoms. The molecular weight excluding hydrogens is 372 g/mol. The number of benzene rings is 2. The number of unbranched alkanes of at least 4 members (excludes halogenated alkanes) is 3. The van der Waals surface area contributed by atoms with Crippen molar-refractivity contribution in [3.63, 3.8) is 0 Å². The molecule has 6 heteroatoms. The van der Waals surface area contributed by atoms with Crippen LogP contribution in [0, 0.1) is 0 Å². The molecule has 0 heterocycles. The predicted molar refractivity (Wildman–Crippen MR) is 106 cm³/mol. The zero-order valence-electron chi connectivity index (χ0n) is 16.5. The molecule has 1 atom stereocenters. The van der Waals surface area contributed by atoms with Crippen LogP contribution in [0.1, 0.15) is 89.5 Å². The van der Waals surface area contributed by atoms with E-state index in [0.29, 0.717) is 6.42 Å². The molecule has 0 saturated carbocycles. The van der Waals surface area contributed by atoms with Gasteiger partial charge in [0.1, 0.15) is 17.6 Å². The summed E-state index contributed by atoms with van der Waals surface area (Å²) in [7, 11) is 0. The van der Waals surface area contributed by atoms with Gasteiger partial charge >= 0.3 is 5.97 Å². The number of carbonyl (C=O) groups excluding carboxylic acids is 3. The second-order valence-electron chi connectivity index (χ2n) is 7.23. The van der Waals surface area contributed by atoms with Gasteiger partial charge in [-0.05, 0) is 18.9 Å². The van der Waals surface area contributed by atoms with Gasteiger partial charge in [-0.1, -0.05) is 50.5 Å². The number of carbonyl (C=O) groups is 3. The number of aromatic hydroxyl groups is 2. The van der Waals surface area contributed by atoms with Crippen LogP contribution in [0.25, 0.3) is 0 Å². The van der Waals surface area contributed by atoms with E-state index in [1.165, 1.54) is 25.1 Å². The van der Waals surface area contributed by atoms with Crippen LogP contribution in [-0.4, -0.2) is 27.7 Å². The molecule has 0 fully saturated rings. The first-order chi connectivity index (χ1) is 13.9. The van der Waals surface area contributed by atoms with Crippen molar-refractivity contribution in [2.24, 2.45) is 0 Å². The number of esters is 1. The van der Waals surface area contributed by atoms with Crippen molar-refractivity contribution < 1.29 is 29.3 Å². The molecule has 0 aliphatic heterocycles. The van der Waals surface area contributed by atoms with Gasteiger partial charge in [0.25, 0.3) is 0 Å². The van der Waals surface area contributed by atoms with E-state index in [-0.39, 0.29) is 27.8 Å². The van der Waals surface area contributed by atoms with Crippen LogP contribution in [0.4, 0.5) is 0 Å². The van der Waals surface area contributed by atoms with E-state index in [1.807, 2.05) is 0 Å². The monoisotopic (exact) mass is 396 g/mol. The average Bonchev–Trinajstić information content (AvgIpc) is 2.69. The van der Waals surface area contributed by atoms with Crippen LogP contribution in [0.5, 0.6) is 11.5 Å². The van der Waals surface area contributed by atoms with Gasteiger partial charge in [-0.15, -0.1) is 0 Å². The Morgan fingerprint density at radius 3 is 2.21 bits per heavy atom. The zero-order chi connectivity index (χ0) is 21.1. The van der Waals surface area contributed by atoms with E-state index in [2.05, 4.69) is 6.92 Å². The Bertz CT molecular complexity index is 976. The van der Waals surface area contributed by atoms with Gasteiger partial charge in [0, 0.05) is 23.6 Å². The number of ether oxygens (including phenoxy) is 1. The molecule has 0 spiro atoms. The van der Waals surface area contributed by atoms with E-state index < -0.39 is 35.1 Å². The fraction of sp³-hybridized carbons (Fsp3) is 0.348. The number of fused-ring (bicyclic) bond motifs is 2. The van der Waals surface area contributed by atoms with Gasteiger partial charge in [-0.3, -0.25) is 14.4 Å². The second kappa shape index (κ2) is 8.47. The van der Waals surface area contributed by atoms with E-state index in [9.17, 15) is 24.6 Å². The number of rotatable bonds is 7. The summed E-state index contributed by atoms with van der Waals surface area (Å²) >= 11 is 0. The minimum atomic E-state index is -0.819. The molecule has 1 aliphatic carbocycles. The maximum atomic E-state index is 13.0. The zero-order valence-corrected chi connectivity index (χ0v) is 16.5. The highest BCUT2D eigenvalue weighted by molar-refractivity contribution is 6.30. The molecule has 2 aromatic carbocycles. The lowest BCUT2D eigenvalue weighted by atomic mass is 9.81. The van der Waals surface area contributed by atoms with Crippen LogP contribution >= 0.6 is 0 Å². The molecule has 0 bridgehead atoms. The van der Waals surface area contributed by atoms with Crippen LogP contribution in [-0.2, 0) is 9.53 Å². The molecule has 0 amide bonds. The lowest BCUT2D eigenvalue weighted by Crippen LogP contribution is -2.22. The van der Waals surface area contributed by atoms with Crippen molar-refractivity contribution in [2.45, 2.75) is 52.1 Å². The summed E-state index contributed by atoms with van der Waals surface area (Å²) in [5.74, 6) is -2.44. The van der Waals surface area contributed by atoms with E-state index in [0.717, 1.165) is 25.7 Å². The van der Waals surface area contributed by atoms with Crippen LogP contribution in [0.3, 0.4) is 0 Å². The quantitative estimate of drug-likeness (QED) is 0.348. The molecule has 2 N–H and O–H groups in total. The van der Waals surface area contributed by atoms with E-state index >= 15 is 0 Å². The lowest BCUT2D eigenvalue weighted by molar-refractivity contribution is -0.147. The largest absolute Gasteiger partial charge is 0.507 e. The third-order valence-electron chi connectivity index (χ3n) is 5.15. The third-order valence-corrected chi connectivity index (χ3v) is 5.15. The Balaban J connectivity index is 2.07. The number of hydrogen-bond acceptors (Lipinski definition) is 6. The minimum Gasteiger partial charge on any atom is -0.507 e. The summed E-state index contributed by atoms with van der Waals surface area (Å²) in [6.07, 6.45) is 3.36. The predicted octanol–water partition coefficient (Wildman–Crippen LogP) is 4.45. The molecule has 0 aromatic heterocycles. The molecule has 1 aliphatic rings. The standard InChI is InChI=1S/C23H24O6/c1-3-4-5-6-11-18(29-13(2)24)16-12-17(25)19-20(23(16)28)22(27)15-10-8-7-9-14(15)21(19)26/h7-10,12,18,25,28H,3-6,11H2,1-2H3. The molecule has 2 aromatic rings. The Morgan fingerprint density at radius 2 is 1.62 bits per heavy atom. The van der Waals surface area contributed by atoms with Gasteiger partial charge in [0.15, 0.2) is 11.6 Å². The van der Waals surface area contributed by atoms with Crippen molar-refractivity contribution in [1.82, 2.24) is 0 Å². The van der Waals surface area contributed by atoms with E-state index in [1.54, 1.807) is 12.1 Å². The topological polar surface area (TPSA) is 101 Å². The van der Waals surface area contributed by atoms with E-state index in [4.69, 9.17) is 4.74 Å². The summed E-state index contributed by atoms with van der Waals surface area (Å²) in [5, 5.41) is 21.4. The number of ketones is 2. The van der Waals surface area contributed by atoms with Crippen molar-refractivity contribution in [3.8, 4) is 11.5 Å². The maximum Gasteiger partial charge on any atom is 0.303 e. The average molecular weight is 396 g/mol. The summed E-state index contributed by atoms with van der Waals surface area (Å²) in [6, 6.07) is 7.51. The second-order valence-corrected chi connectivity index (χ2v) is 7.23. The van der Waals surface area contributed by atoms with Gasteiger partial charge < -0.3 is 14.9 Å². The maximum absolute atomic E-state index is 13.0. The SMILES string of the molecule is CCCCCCC(OC(C)=O)c1cc(O)c2c(c1O)C(=O)c1ccccc1C2=O. The van der Waals surface area contributed by atoms with Gasteiger partial charge in [0.2, 0.25) is 0 Å². The molecule has 0 saturated heterocycles.